The molecule has 7 nitrogen and oxygen atoms in total. The molecule has 180 valence electrons. The first kappa shape index (κ1) is 23.4. The lowest BCUT2D eigenvalue weighted by molar-refractivity contribution is 0.0678. The van der Waals surface area contributed by atoms with Crippen molar-refractivity contribution in [3.8, 4) is 11.3 Å². The van der Waals surface area contributed by atoms with Gasteiger partial charge in [0.05, 0.1) is 17.3 Å². The zero-order valence-corrected chi connectivity index (χ0v) is 19.9. The molecule has 36 heavy (non-hydrogen) atoms. The van der Waals surface area contributed by atoms with Crippen LogP contribution in [0.4, 0.5) is 11.7 Å². The van der Waals surface area contributed by atoms with Gasteiger partial charge in [-0.1, -0.05) is 60.1 Å². The maximum Gasteiger partial charge on any atom is 0.336 e. The first-order valence-corrected chi connectivity index (χ1v) is 11.8. The van der Waals surface area contributed by atoms with Gasteiger partial charge in [0.2, 0.25) is 0 Å². The van der Waals surface area contributed by atoms with Crippen molar-refractivity contribution in [1.29, 1.82) is 0 Å². The number of aromatic carboxylic acids is 1. The van der Waals surface area contributed by atoms with E-state index in [1.807, 2.05) is 42.5 Å². The molecule has 0 aliphatic carbocycles. The second kappa shape index (κ2) is 10.1. The summed E-state index contributed by atoms with van der Waals surface area (Å²) >= 11 is 6.02. The summed E-state index contributed by atoms with van der Waals surface area (Å²) in [6.45, 7) is 0.936. The van der Waals surface area contributed by atoms with Crippen molar-refractivity contribution in [2.45, 2.75) is 6.42 Å². The fraction of sp³-hybridized carbons (Fsp3) is 0.107. The fourth-order valence-electron chi connectivity index (χ4n) is 4.15. The van der Waals surface area contributed by atoms with Crippen LogP contribution < -0.4 is 5.32 Å². The topological polar surface area (TPSA) is 95.7 Å². The lowest BCUT2D eigenvalue weighted by Gasteiger charge is -2.27. The molecule has 3 aromatic carbocycles. The minimum atomic E-state index is -1.11. The van der Waals surface area contributed by atoms with E-state index in [1.54, 1.807) is 41.4 Å². The van der Waals surface area contributed by atoms with Gasteiger partial charge in [0.25, 0.3) is 11.9 Å². The highest BCUT2D eigenvalue weighted by Gasteiger charge is 2.23. The van der Waals surface area contributed by atoms with Gasteiger partial charge in [-0.25, -0.2) is 9.78 Å². The molecule has 1 aliphatic rings. The number of nitrogens with zero attached hydrogens (tertiary/aromatic N) is 2. The third-order valence-corrected chi connectivity index (χ3v) is 6.24. The number of nitrogens with one attached hydrogen (secondary N) is 1. The highest BCUT2D eigenvalue weighted by atomic mass is 35.5. The molecule has 0 radical (unpaired) electrons. The van der Waals surface area contributed by atoms with E-state index < -0.39 is 5.97 Å². The Labute approximate surface area is 212 Å². The predicted octanol–water partition coefficient (Wildman–Crippen LogP) is 6.37. The van der Waals surface area contributed by atoms with Gasteiger partial charge in [-0.3, -0.25) is 4.79 Å². The Kier molecular flexibility index (Phi) is 6.56. The van der Waals surface area contributed by atoms with Crippen LogP contribution in [-0.2, 0) is 0 Å². The fourth-order valence-corrected chi connectivity index (χ4v) is 4.34. The third kappa shape index (κ3) is 5.01. The number of rotatable bonds is 6. The maximum atomic E-state index is 12.9. The van der Waals surface area contributed by atoms with Crippen LogP contribution in [0.25, 0.3) is 16.9 Å². The first-order chi connectivity index (χ1) is 17.5. The molecule has 0 bridgehead atoms. The van der Waals surface area contributed by atoms with E-state index in [0.717, 1.165) is 22.4 Å². The van der Waals surface area contributed by atoms with Gasteiger partial charge in [0, 0.05) is 29.4 Å². The molecule has 2 N–H and O–H groups in total. The summed E-state index contributed by atoms with van der Waals surface area (Å²) in [7, 11) is 0. The predicted molar refractivity (Wildman–Crippen MR) is 139 cm³/mol. The largest absolute Gasteiger partial charge is 0.478 e. The van der Waals surface area contributed by atoms with Crippen LogP contribution in [0.5, 0.6) is 0 Å². The van der Waals surface area contributed by atoms with E-state index in [1.165, 1.54) is 6.07 Å². The number of oxazole rings is 1. The van der Waals surface area contributed by atoms with Gasteiger partial charge in [-0.2, -0.15) is 0 Å². The summed E-state index contributed by atoms with van der Waals surface area (Å²) in [6, 6.07) is 22.0. The molecule has 0 saturated carbocycles. The average Bonchev–Trinajstić information content (AvgIpc) is 3.37. The number of anilines is 2. The van der Waals surface area contributed by atoms with Crippen LogP contribution in [0.2, 0.25) is 5.02 Å². The normalized spacial score (nSPS) is 13.2. The Morgan fingerprint density at radius 1 is 0.972 bits per heavy atom. The smallest absolute Gasteiger partial charge is 0.336 e. The van der Waals surface area contributed by atoms with E-state index in [-0.39, 0.29) is 17.0 Å². The number of carbonyl (C=O) groups is 2. The molecule has 1 aromatic heterocycles. The Morgan fingerprint density at radius 2 is 1.72 bits per heavy atom. The molecule has 0 unspecified atom stereocenters. The molecule has 0 atom stereocenters. The van der Waals surface area contributed by atoms with Crippen molar-refractivity contribution in [2.24, 2.45) is 0 Å². The molecule has 0 saturated heterocycles. The van der Waals surface area contributed by atoms with Crippen molar-refractivity contribution in [2.75, 3.05) is 18.4 Å². The molecular formula is C28H22ClN3O4. The summed E-state index contributed by atoms with van der Waals surface area (Å²) in [6.07, 6.45) is 4.36. The lowest BCUT2D eigenvalue weighted by Crippen LogP contribution is -2.35. The number of carbonyl (C=O) groups excluding carboxylic acids is 1. The zero-order chi connectivity index (χ0) is 25.1. The number of benzene rings is 3. The van der Waals surface area contributed by atoms with Crippen molar-refractivity contribution >= 4 is 40.8 Å². The molecule has 1 amide bonds. The molecule has 0 fully saturated rings. The Bertz CT molecular complexity index is 1460. The number of aromatic nitrogens is 1. The number of carboxylic acid groups (broad SMARTS) is 1. The van der Waals surface area contributed by atoms with E-state index in [0.29, 0.717) is 36.3 Å². The number of halogens is 1. The highest BCUT2D eigenvalue weighted by molar-refractivity contribution is 6.30. The quantitative estimate of drug-likeness (QED) is 0.320. The first-order valence-electron chi connectivity index (χ1n) is 11.4. The lowest BCUT2D eigenvalue weighted by atomic mass is 9.97. The maximum absolute atomic E-state index is 12.9. The second-order valence-electron chi connectivity index (χ2n) is 8.32. The number of hydrogen-bond acceptors (Lipinski definition) is 5. The average molecular weight is 500 g/mol. The molecule has 0 spiro atoms. The second-order valence-corrected chi connectivity index (χ2v) is 8.76. The molecule has 5 rings (SSSR count). The molecular weight excluding hydrogens is 478 g/mol. The van der Waals surface area contributed by atoms with Crippen molar-refractivity contribution in [1.82, 2.24) is 9.88 Å². The SMILES string of the molecule is O=C(O)c1ccccc1C(=O)N1CC=C(c2ccc(-c3cnc(Nc4cccc(Cl)c4)o3)cc2)CC1. The van der Waals surface area contributed by atoms with Crippen LogP contribution in [0.3, 0.4) is 0 Å². The molecule has 8 heteroatoms. The standard InChI is InChI=1S/C28H22ClN3O4/c29-21-4-3-5-22(16-21)31-28-30-17-25(36-28)20-10-8-18(9-11-20)19-12-14-32(15-13-19)26(33)23-6-1-2-7-24(23)27(34)35/h1-12,16-17H,13-15H2,(H,30,31)(H,34,35). The van der Waals surface area contributed by atoms with Gasteiger partial charge in [-0.15, -0.1) is 0 Å². The molecule has 1 aliphatic heterocycles. The number of hydrogen-bond donors (Lipinski definition) is 2. The van der Waals surface area contributed by atoms with Crippen LogP contribution in [-0.4, -0.2) is 40.0 Å². The Morgan fingerprint density at radius 3 is 2.42 bits per heavy atom. The van der Waals surface area contributed by atoms with Crippen LogP contribution in [0, 0.1) is 0 Å². The van der Waals surface area contributed by atoms with Crippen LogP contribution in [0.15, 0.2) is 89.5 Å². The number of amides is 1. The van der Waals surface area contributed by atoms with Gasteiger partial charge in [0.1, 0.15) is 0 Å². The van der Waals surface area contributed by atoms with Gasteiger partial charge < -0.3 is 19.7 Å². The molecule has 4 aromatic rings. The van der Waals surface area contributed by atoms with Gasteiger partial charge in [0.15, 0.2) is 5.76 Å². The van der Waals surface area contributed by atoms with E-state index in [2.05, 4.69) is 10.3 Å². The van der Waals surface area contributed by atoms with E-state index in [4.69, 9.17) is 16.0 Å². The van der Waals surface area contributed by atoms with Gasteiger partial charge in [-0.05, 0) is 47.9 Å². The summed E-state index contributed by atoms with van der Waals surface area (Å²) < 4.78 is 5.84. The summed E-state index contributed by atoms with van der Waals surface area (Å²) in [5.41, 5.74) is 4.11. The number of carboxylic acids is 1. The summed E-state index contributed by atoms with van der Waals surface area (Å²) in [5, 5.41) is 13.1. The van der Waals surface area contributed by atoms with Crippen LogP contribution in [0.1, 0.15) is 32.7 Å². The highest BCUT2D eigenvalue weighted by Crippen LogP contribution is 2.29. The van der Waals surface area contributed by atoms with Gasteiger partial charge >= 0.3 is 5.97 Å². The Hall–Kier alpha value is -4.36. The summed E-state index contributed by atoms with van der Waals surface area (Å²) in [5.74, 6) is -0.741. The molecule has 2 heterocycles. The monoisotopic (exact) mass is 499 g/mol. The van der Waals surface area contributed by atoms with E-state index in [9.17, 15) is 14.7 Å². The van der Waals surface area contributed by atoms with Crippen molar-refractivity contribution in [3.05, 3.63) is 107 Å². The minimum Gasteiger partial charge on any atom is -0.478 e. The third-order valence-electron chi connectivity index (χ3n) is 6.01. The van der Waals surface area contributed by atoms with E-state index >= 15 is 0 Å². The summed E-state index contributed by atoms with van der Waals surface area (Å²) in [4.78, 5) is 30.3. The minimum absolute atomic E-state index is 0.0196. The zero-order valence-electron chi connectivity index (χ0n) is 19.1. The Balaban J connectivity index is 1.25. The van der Waals surface area contributed by atoms with Crippen LogP contribution >= 0.6 is 11.6 Å². The van der Waals surface area contributed by atoms with Crippen molar-refractivity contribution in [3.63, 3.8) is 0 Å². The van der Waals surface area contributed by atoms with Crippen molar-refractivity contribution < 1.29 is 19.1 Å².